The second-order valence-corrected chi connectivity index (χ2v) is 7.10. The van der Waals surface area contributed by atoms with Crippen LogP contribution in [0.4, 0.5) is 4.39 Å². The molecule has 0 radical (unpaired) electrons. The molecule has 0 saturated carbocycles. The summed E-state index contributed by atoms with van der Waals surface area (Å²) in [6, 6.07) is 15.4. The minimum absolute atomic E-state index is 0.174. The van der Waals surface area contributed by atoms with E-state index < -0.39 is 15.8 Å². The molecule has 0 amide bonds. The van der Waals surface area contributed by atoms with E-state index in [-0.39, 0.29) is 10.8 Å². The molecule has 0 bridgehead atoms. The van der Waals surface area contributed by atoms with Crippen molar-refractivity contribution in [2.75, 3.05) is 13.1 Å². The second-order valence-electron chi connectivity index (χ2n) is 5.19. The zero-order valence-electron chi connectivity index (χ0n) is 11.4. The lowest BCUT2D eigenvalue weighted by molar-refractivity contribution is 0.465. The maximum Gasteiger partial charge on any atom is 0.246 e. The second kappa shape index (κ2) is 5.58. The van der Waals surface area contributed by atoms with Crippen LogP contribution >= 0.6 is 0 Å². The van der Waals surface area contributed by atoms with Crippen LogP contribution in [-0.2, 0) is 10.0 Å². The topological polar surface area (TPSA) is 37.4 Å². The van der Waals surface area contributed by atoms with Gasteiger partial charge in [0.25, 0.3) is 0 Å². The zero-order valence-corrected chi connectivity index (χ0v) is 12.3. The van der Waals surface area contributed by atoms with Crippen molar-refractivity contribution in [2.24, 2.45) is 0 Å². The van der Waals surface area contributed by atoms with Crippen LogP contribution in [0.25, 0.3) is 0 Å². The molecule has 21 heavy (non-hydrogen) atoms. The van der Waals surface area contributed by atoms with Gasteiger partial charge in [0.15, 0.2) is 0 Å². The van der Waals surface area contributed by atoms with Gasteiger partial charge in [0.05, 0.1) is 0 Å². The molecule has 1 aliphatic rings. The Balaban J connectivity index is 1.85. The summed E-state index contributed by atoms with van der Waals surface area (Å²) in [5.41, 5.74) is 1.13. The molecule has 0 aromatic heterocycles. The first kappa shape index (κ1) is 14.2. The van der Waals surface area contributed by atoms with Gasteiger partial charge in [-0.1, -0.05) is 42.5 Å². The van der Waals surface area contributed by atoms with E-state index in [1.54, 1.807) is 6.07 Å². The minimum atomic E-state index is -3.75. The third-order valence-corrected chi connectivity index (χ3v) is 5.77. The van der Waals surface area contributed by atoms with E-state index in [2.05, 4.69) is 0 Å². The number of benzene rings is 2. The lowest BCUT2D eigenvalue weighted by Crippen LogP contribution is -2.29. The molecule has 1 saturated heterocycles. The monoisotopic (exact) mass is 305 g/mol. The summed E-state index contributed by atoms with van der Waals surface area (Å²) in [5, 5.41) is 0. The van der Waals surface area contributed by atoms with E-state index in [4.69, 9.17) is 0 Å². The molecule has 2 aromatic carbocycles. The molecular formula is C16H16FNO2S. The quantitative estimate of drug-likeness (QED) is 0.874. The normalized spacial score (nSPS) is 19.8. The Morgan fingerprint density at radius 3 is 2.38 bits per heavy atom. The number of halogens is 1. The first-order valence-corrected chi connectivity index (χ1v) is 8.32. The molecular weight excluding hydrogens is 289 g/mol. The lowest BCUT2D eigenvalue weighted by Gasteiger charge is -2.17. The Labute approximate surface area is 124 Å². The van der Waals surface area contributed by atoms with E-state index in [0.29, 0.717) is 13.1 Å². The number of rotatable bonds is 3. The van der Waals surface area contributed by atoms with Gasteiger partial charge >= 0.3 is 0 Å². The molecule has 110 valence electrons. The maximum absolute atomic E-state index is 13.8. The largest absolute Gasteiger partial charge is 0.246 e. The molecule has 1 heterocycles. The van der Waals surface area contributed by atoms with Crippen molar-refractivity contribution in [3.8, 4) is 0 Å². The number of nitrogens with zero attached hydrogens (tertiary/aromatic N) is 1. The molecule has 1 fully saturated rings. The van der Waals surface area contributed by atoms with E-state index >= 15 is 0 Å². The van der Waals surface area contributed by atoms with Crippen molar-refractivity contribution < 1.29 is 12.8 Å². The van der Waals surface area contributed by atoms with Crippen LogP contribution in [0.2, 0.25) is 0 Å². The fraction of sp³-hybridized carbons (Fsp3) is 0.250. The van der Waals surface area contributed by atoms with E-state index in [1.807, 2.05) is 30.3 Å². The smallest absolute Gasteiger partial charge is 0.207 e. The highest BCUT2D eigenvalue weighted by molar-refractivity contribution is 7.89. The average Bonchev–Trinajstić information content (AvgIpc) is 2.99. The van der Waals surface area contributed by atoms with Crippen LogP contribution < -0.4 is 0 Å². The Hall–Kier alpha value is -1.72. The summed E-state index contributed by atoms with van der Waals surface area (Å²) in [4.78, 5) is -0.237. The van der Waals surface area contributed by atoms with E-state index in [1.165, 1.54) is 22.5 Å². The van der Waals surface area contributed by atoms with E-state index in [0.717, 1.165) is 12.0 Å². The third-order valence-electron chi connectivity index (χ3n) is 3.88. The molecule has 2 aromatic rings. The zero-order chi connectivity index (χ0) is 14.9. The first-order chi connectivity index (χ1) is 10.1. The summed E-state index contributed by atoms with van der Waals surface area (Å²) < 4.78 is 40.2. The fourth-order valence-corrected chi connectivity index (χ4v) is 4.30. The van der Waals surface area contributed by atoms with Crippen molar-refractivity contribution in [1.29, 1.82) is 0 Å². The molecule has 3 rings (SSSR count). The van der Waals surface area contributed by atoms with Crippen molar-refractivity contribution >= 4 is 10.0 Å². The van der Waals surface area contributed by atoms with Crippen LogP contribution in [-0.4, -0.2) is 25.8 Å². The highest BCUT2D eigenvalue weighted by atomic mass is 32.2. The standard InChI is InChI=1S/C16H16FNO2S/c17-15-8-4-5-9-16(15)21(19,20)18-11-10-14(12-18)13-6-2-1-3-7-13/h1-9,14H,10-12H2/t14-/m0/s1. The molecule has 0 N–H and O–H groups in total. The van der Waals surface area contributed by atoms with Gasteiger partial charge < -0.3 is 0 Å². The van der Waals surface area contributed by atoms with Crippen LogP contribution in [0.15, 0.2) is 59.5 Å². The van der Waals surface area contributed by atoms with Crippen molar-refractivity contribution in [3.05, 3.63) is 66.0 Å². The summed E-state index contributed by atoms with van der Waals surface area (Å²) in [6.07, 6.45) is 0.762. The molecule has 1 aliphatic heterocycles. The van der Waals surface area contributed by atoms with Gasteiger partial charge in [-0.25, -0.2) is 12.8 Å². The Morgan fingerprint density at radius 2 is 1.67 bits per heavy atom. The average molecular weight is 305 g/mol. The molecule has 5 heteroatoms. The van der Waals surface area contributed by atoms with Gasteiger partial charge in [0.2, 0.25) is 10.0 Å². The molecule has 1 atom stereocenters. The highest BCUT2D eigenvalue weighted by Gasteiger charge is 2.34. The van der Waals surface area contributed by atoms with Gasteiger partial charge in [-0.3, -0.25) is 0 Å². The van der Waals surface area contributed by atoms with Gasteiger partial charge in [-0.2, -0.15) is 4.31 Å². The lowest BCUT2D eigenvalue weighted by atomic mass is 9.99. The summed E-state index contributed by atoms with van der Waals surface area (Å²) in [6.45, 7) is 0.830. The summed E-state index contributed by atoms with van der Waals surface area (Å²) in [7, 11) is -3.75. The van der Waals surface area contributed by atoms with Gasteiger partial charge in [-0.15, -0.1) is 0 Å². The molecule has 0 unspecified atom stereocenters. The minimum Gasteiger partial charge on any atom is -0.207 e. The SMILES string of the molecule is O=S(=O)(c1ccccc1F)N1CC[C@H](c2ccccc2)C1. The fourth-order valence-electron chi connectivity index (χ4n) is 2.74. The molecule has 0 aliphatic carbocycles. The third kappa shape index (κ3) is 2.71. The predicted octanol–water partition coefficient (Wildman–Crippen LogP) is 3.00. The first-order valence-electron chi connectivity index (χ1n) is 6.88. The number of hydrogen-bond donors (Lipinski definition) is 0. The van der Waals surface area contributed by atoms with Gasteiger partial charge in [0, 0.05) is 13.1 Å². The van der Waals surface area contributed by atoms with Crippen LogP contribution in [0.1, 0.15) is 17.9 Å². The summed E-state index contributed by atoms with van der Waals surface area (Å²) in [5.74, 6) is -0.520. The van der Waals surface area contributed by atoms with Crippen molar-refractivity contribution in [3.63, 3.8) is 0 Å². The Kier molecular flexibility index (Phi) is 3.78. The highest BCUT2D eigenvalue weighted by Crippen LogP contribution is 2.31. The summed E-state index contributed by atoms with van der Waals surface area (Å²) >= 11 is 0. The van der Waals surface area contributed by atoms with E-state index in [9.17, 15) is 12.8 Å². The van der Waals surface area contributed by atoms with Gasteiger partial charge in [0.1, 0.15) is 10.7 Å². The predicted molar refractivity (Wildman–Crippen MR) is 79.0 cm³/mol. The number of sulfonamides is 1. The maximum atomic E-state index is 13.8. The Morgan fingerprint density at radius 1 is 1.00 bits per heavy atom. The molecule has 3 nitrogen and oxygen atoms in total. The van der Waals surface area contributed by atoms with Crippen LogP contribution in [0, 0.1) is 5.82 Å². The molecule has 0 spiro atoms. The van der Waals surface area contributed by atoms with Crippen molar-refractivity contribution in [1.82, 2.24) is 4.31 Å². The van der Waals surface area contributed by atoms with Crippen LogP contribution in [0.3, 0.4) is 0 Å². The van der Waals surface area contributed by atoms with Crippen molar-refractivity contribution in [2.45, 2.75) is 17.2 Å². The Bertz CT molecular complexity index is 731. The van der Waals surface area contributed by atoms with Crippen LogP contribution in [0.5, 0.6) is 0 Å². The van der Waals surface area contributed by atoms with Gasteiger partial charge in [-0.05, 0) is 30.0 Å². The number of hydrogen-bond acceptors (Lipinski definition) is 2.